The summed E-state index contributed by atoms with van der Waals surface area (Å²) in [7, 11) is -0.549. The van der Waals surface area contributed by atoms with E-state index >= 15 is 0 Å². The molecule has 10 heteroatoms. The molecule has 0 saturated heterocycles. The topological polar surface area (TPSA) is 99.0 Å². The molecule has 146 valence electrons. The first-order valence-electron chi connectivity index (χ1n) is 8.34. The largest absolute Gasteiger partial charge is 0.385 e. The number of anilines is 1. The first kappa shape index (κ1) is 20.1. The monoisotopic (exact) mass is 418 g/mol. The van der Waals surface area contributed by atoms with Crippen molar-refractivity contribution in [2.75, 3.05) is 25.2 Å². The molecule has 1 heterocycles. The molecule has 28 heavy (non-hydrogen) atoms. The lowest BCUT2D eigenvalue weighted by Crippen LogP contribution is -2.35. The highest BCUT2D eigenvalue weighted by Crippen LogP contribution is 2.17. The van der Waals surface area contributed by atoms with Crippen LogP contribution in [-0.4, -0.2) is 48.6 Å². The van der Waals surface area contributed by atoms with Gasteiger partial charge in [-0.25, -0.2) is 12.7 Å². The molecule has 0 saturated carbocycles. The van der Waals surface area contributed by atoms with Crippen LogP contribution in [0.25, 0.3) is 5.69 Å². The third-order valence-electron chi connectivity index (χ3n) is 3.82. The van der Waals surface area contributed by atoms with E-state index in [0.29, 0.717) is 10.8 Å². The second-order valence-corrected chi connectivity index (χ2v) is 9.08. The number of para-hydroxylation sites is 1. The molecular weight excluding hydrogens is 398 g/mol. The average Bonchev–Trinajstić information content (AvgIpc) is 3.16. The Morgan fingerprint density at radius 1 is 1.14 bits per heavy atom. The molecule has 3 aromatic rings. The van der Waals surface area contributed by atoms with Gasteiger partial charge in [0.25, 0.3) is 0 Å². The summed E-state index contributed by atoms with van der Waals surface area (Å²) < 4.78 is 27.1. The average molecular weight is 419 g/mol. The Hall–Kier alpha value is -2.69. The van der Waals surface area contributed by atoms with Crippen molar-refractivity contribution in [2.45, 2.75) is 10.1 Å². The summed E-state index contributed by atoms with van der Waals surface area (Å²) in [4.78, 5) is 16.7. The SMILES string of the molecule is CN(C)S(=O)(=O)c1ccc(NC(=O)CSc2nc[nH][n+]2-c2ccccc2)cc1. The minimum Gasteiger partial charge on any atom is -0.325 e. The van der Waals surface area contributed by atoms with Gasteiger partial charge in [0.2, 0.25) is 22.3 Å². The number of thioether (sulfide) groups is 1. The molecule has 0 aliphatic carbocycles. The third-order valence-corrected chi connectivity index (χ3v) is 6.60. The van der Waals surface area contributed by atoms with E-state index in [-0.39, 0.29) is 16.6 Å². The molecule has 1 amide bonds. The smallest absolute Gasteiger partial charge is 0.325 e. The van der Waals surface area contributed by atoms with Crippen LogP contribution < -0.4 is 10.00 Å². The van der Waals surface area contributed by atoms with Crippen LogP contribution >= 0.6 is 11.8 Å². The molecule has 0 fully saturated rings. The summed E-state index contributed by atoms with van der Waals surface area (Å²) in [6.45, 7) is 0. The van der Waals surface area contributed by atoms with Gasteiger partial charge in [0.15, 0.2) is 5.69 Å². The maximum atomic E-state index is 12.2. The zero-order valence-corrected chi connectivity index (χ0v) is 17.0. The summed E-state index contributed by atoms with van der Waals surface area (Å²) in [6.07, 6.45) is 1.57. The summed E-state index contributed by atoms with van der Waals surface area (Å²) in [6, 6.07) is 15.7. The lowest BCUT2D eigenvalue weighted by atomic mass is 10.3. The highest BCUT2D eigenvalue weighted by atomic mass is 32.2. The second kappa shape index (κ2) is 8.55. The number of nitrogens with one attached hydrogen (secondary N) is 2. The summed E-state index contributed by atoms with van der Waals surface area (Å²) in [5, 5.41) is 6.43. The molecule has 0 unspecified atom stereocenters. The van der Waals surface area contributed by atoms with E-state index in [1.54, 1.807) is 23.1 Å². The highest BCUT2D eigenvalue weighted by Gasteiger charge is 2.19. The van der Waals surface area contributed by atoms with E-state index in [1.807, 2.05) is 30.3 Å². The van der Waals surface area contributed by atoms with Gasteiger partial charge in [-0.15, -0.1) is 4.68 Å². The fourth-order valence-corrected chi connectivity index (χ4v) is 4.02. The van der Waals surface area contributed by atoms with Crippen molar-refractivity contribution in [3.8, 4) is 5.69 Å². The molecule has 0 bridgehead atoms. The van der Waals surface area contributed by atoms with Gasteiger partial charge in [0, 0.05) is 19.8 Å². The fourth-order valence-electron chi connectivity index (χ4n) is 2.37. The minimum absolute atomic E-state index is 0.162. The van der Waals surface area contributed by atoms with E-state index in [4.69, 9.17) is 0 Å². The molecule has 0 aliphatic heterocycles. The highest BCUT2D eigenvalue weighted by molar-refractivity contribution is 7.99. The van der Waals surface area contributed by atoms with Crippen LogP contribution in [0.2, 0.25) is 0 Å². The second-order valence-electron chi connectivity index (χ2n) is 5.99. The standard InChI is InChI=1S/C18H19N5O3S2/c1-22(2)28(25,26)16-10-8-14(9-11-16)21-17(24)12-27-18-19-13-20-23(18)15-6-4-3-5-7-15/h3-11,13H,12H2,1-2H3,(H,21,24)/p+1. The van der Waals surface area contributed by atoms with Gasteiger partial charge < -0.3 is 5.32 Å². The van der Waals surface area contributed by atoms with E-state index in [1.165, 1.54) is 38.0 Å². The number of H-pyrrole nitrogens is 1. The van der Waals surface area contributed by atoms with Gasteiger partial charge in [0.1, 0.15) is 0 Å². The van der Waals surface area contributed by atoms with E-state index in [2.05, 4.69) is 15.4 Å². The van der Waals surface area contributed by atoms with Crippen molar-refractivity contribution in [3.05, 3.63) is 60.9 Å². The number of aromatic amines is 1. The molecule has 2 aromatic carbocycles. The molecule has 3 rings (SSSR count). The van der Waals surface area contributed by atoms with E-state index < -0.39 is 10.0 Å². The Balaban J connectivity index is 1.61. The zero-order chi connectivity index (χ0) is 20.1. The molecule has 0 atom stereocenters. The number of hydrogen-bond donors (Lipinski definition) is 2. The Labute approximate surface area is 167 Å². The van der Waals surface area contributed by atoms with Gasteiger partial charge in [-0.3, -0.25) is 4.79 Å². The van der Waals surface area contributed by atoms with Crippen LogP contribution in [-0.2, 0) is 14.8 Å². The van der Waals surface area contributed by atoms with Crippen LogP contribution in [0.1, 0.15) is 0 Å². The van der Waals surface area contributed by atoms with E-state index in [9.17, 15) is 13.2 Å². The van der Waals surface area contributed by atoms with Gasteiger partial charge >= 0.3 is 5.16 Å². The van der Waals surface area contributed by atoms with Crippen molar-refractivity contribution in [2.24, 2.45) is 0 Å². The lowest BCUT2D eigenvalue weighted by molar-refractivity contribution is -0.694. The Morgan fingerprint density at radius 2 is 1.82 bits per heavy atom. The molecule has 8 nitrogen and oxygen atoms in total. The Morgan fingerprint density at radius 3 is 2.46 bits per heavy atom. The number of nitrogens with zero attached hydrogens (tertiary/aromatic N) is 3. The normalized spacial score (nSPS) is 11.5. The van der Waals surface area contributed by atoms with Gasteiger partial charge in [-0.05, 0) is 53.1 Å². The molecule has 0 aliphatic rings. The number of rotatable bonds is 7. The number of sulfonamides is 1. The van der Waals surface area contributed by atoms with Crippen molar-refractivity contribution in [1.82, 2.24) is 14.4 Å². The predicted octanol–water partition coefficient (Wildman–Crippen LogP) is 1.67. The molecule has 0 radical (unpaired) electrons. The Kier molecular flexibility index (Phi) is 6.12. The van der Waals surface area contributed by atoms with Crippen LogP contribution in [0.5, 0.6) is 0 Å². The van der Waals surface area contributed by atoms with Crippen LogP contribution in [0, 0.1) is 0 Å². The number of carbonyl (C=O) groups is 1. The van der Waals surface area contributed by atoms with Gasteiger partial charge in [0.05, 0.1) is 10.6 Å². The van der Waals surface area contributed by atoms with Crippen LogP contribution in [0.4, 0.5) is 5.69 Å². The van der Waals surface area contributed by atoms with Crippen molar-refractivity contribution in [1.29, 1.82) is 0 Å². The minimum atomic E-state index is -3.49. The molecule has 0 spiro atoms. The number of aromatic nitrogens is 3. The van der Waals surface area contributed by atoms with Crippen molar-refractivity contribution in [3.63, 3.8) is 0 Å². The van der Waals surface area contributed by atoms with Gasteiger partial charge in [-0.1, -0.05) is 18.2 Å². The van der Waals surface area contributed by atoms with E-state index in [0.717, 1.165) is 9.99 Å². The third kappa shape index (κ3) is 4.58. The van der Waals surface area contributed by atoms with Crippen molar-refractivity contribution < 1.29 is 17.9 Å². The number of hydrogen-bond acceptors (Lipinski definition) is 5. The predicted molar refractivity (Wildman–Crippen MR) is 107 cm³/mol. The fraction of sp³-hybridized carbons (Fsp3) is 0.167. The molecule has 2 N–H and O–H groups in total. The first-order chi connectivity index (χ1) is 13.4. The maximum absolute atomic E-state index is 12.2. The summed E-state index contributed by atoms with van der Waals surface area (Å²) in [5.41, 5.74) is 1.45. The zero-order valence-electron chi connectivity index (χ0n) is 15.4. The van der Waals surface area contributed by atoms with Crippen LogP contribution in [0.15, 0.2) is 71.0 Å². The number of carbonyl (C=O) groups excluding carboxylic acids is 1. The molecular formula is C18H20N5O3S2+. The van der Waals surface area contributed by atoms with Gasteiger partial charge in [-0.2, -0.15) is 5.10 Å². The molecule has 1 aromatic heterocycles. The van der Waals surface area contributed by atoms with Crippen molar-refractivity contribution >= 4 is 33.4 Å². The van der Waals surface area contributed by atoms with Crippen LogP contribution in [0.3, 0.4) is 0 Å². The summed E-state index contributed by atoms with van der Waals surface area (Å²) >= 11 is 1.29. The number of amides is 1. The lowest BCUT2D eigenvalue weighted by Gasteiger charge is -2.11. The summed E-state index contributed by atoms with van der Waals surface area (Å²) in [5.74, 6) is -0.0501. The Bertz CT molecular complexity index is 1050. The quantitative estimate of drug-likeness (QED) is 0.449. The maximum Gasteiger partial charge on any atom is 0.385 e. The first-order valence-corrected chi connectivity index (χ1v) is 10.8. The number of benzene rings is 2.